The molecule has 0 radical (unpaired) electrons. The molecule has 2 N–H and O–H groups in total. The highest BCUT2D eigenvalue weighted by atomic mass is 15.1. The van der Waals surface area contributed by atoms with E-state index in [2.05, 4.69) is 47.0 Å². The van der Waals surface area contributed by atoms with Crippen LogP contribution < -0.4 is 10.6 Å². The summed E-state index contributed by atoms with van der Waals surface area (Å²) in [5.41, 5.74) is 2.44. The van der Waals surface area contributed by atoms with Crippen LogP contribution in [-0.2, 0) is 0 Å². The van der Waals surface area contributed by atoms with Crippen molar-refractivity contribution in [3.05, 3.63) is 36.4 Å². The van der Waals surface area contributed by atoms with E-state index in [4.69, 9.17) is 0 Å². The zero-order valence-electron chi connectivity index (χ0n) is 7.17. The fraction of sp³-hybridized carbons (Fsp3) is 0.0909. The van der Waals surface area contributed by atoms with Crippen molar-refractivity contribution in [2.24, 2.45) is 0 Å². The van der Waals surface area contributed by atoms with Crippen LogP contribution in [0.5, 0.6) is 0 Å². The van der Waals surface area contributed by atoms with Crippen LogP contribution in [0.25, 0.3) is 10.8 Å². The van der Waals surface area contributed by atoms with Gasteiger partial charge in [-0.25, -0.2) is 0 Å². The molecule has 2 aromatic carbocycles. The van der Waals surface area contributed by atoms with Gasteiger partial charge in [0.2, 0.25) is 0 Å². The molecule has 0 atom stereocenters. The fourth-order valence-electron chi connectivity index (χ4n) is 1.84. The molecule has 13 heavy (non-hydrogen) atoms. The van der Waals surface area contributed by atoms with Gasteiger partial charge in [0.15, 0.2) is 0 Å². The Labute approximate surface area is 76.6 Å². The van der Waals surface area contributed by atoms with Crippen molar-refractivity contribution >= 4 is 22.1 Å². The molecule has 0 spiro atoms. The number of fused-ring (bicyclic) bond motifs is 3. The second-order valence-corrected chi connectivity index (χ2v) is 3.24. The Bertz CT molecular complexity index is 463. The number of benzene rings is 2. The van der Waals surface area contributed by atoms with E-state index in [-0.39, 0.29) is 0 Å². The molecule has 2 nitrogen and oxygen atoms in total. The minimum atomic E-state index is 0.837. The molecule has 0 saturated carbocycles. The average molecular weight is 170 g/mol. The highest BCUT2D eigenvalue weighted by molar-refractivity contribution is 6.01. The standard InChI is InChI=1S/C11H10N2/c1-2-4-9-8(3-1)5-6-10-11(9)13-7-12-10/h1-6,12-13H,7H2. The second-order valence-electron chi connectivity index (χ2n) is 3.24. The minimum absolute atomic E-state index is 0.837. The van der Waals surface area contributed by atoms with Gasteiger partial charge in [0.1, 0.15) is 0 Å². The van der Waals surface area contributed by atoms with Crippen molar-refractivity contribution in [2.45, 2.75) is 0 Å². The smallest absolute Gasteiger partial charge is 0.0851 e. The largest absolute Gasteiger partial charge is 0.366 e. The Balaban J connectivity index is 2.43. The van der Waals surface area contributed by atoms with Crippen molar-refractivity contribution < 1.29 is 0 Å². The summed E-state index contributed by atoms with van der Waals surface area (Å²) in [6.45, 7) is 0.837. The Morgan fingerprint density at radius 1 is 0.923 bits per heavy atom. The van der Waals surface area contributed by atoms with Gasteiger partial charge in [-0.05, 0) is 11.5 Å². The fourth-order valence-corrected chi connectivity index (χ4v) is 1.84. The van der Waals surface area contributed by atoms with Crippen LogP contribution in [0.4, 0.5) is 11.4 Å². The summed E-state index contributed by atoms with van der Waals surface area (Å²) in [4.78, 5) is 0. The van der Waals surface area contributed by atoms with E-state index >= 15 is 0 Å². The van der Waals surface area contributed by atoms with Gasteiger partial charge in [0.05, 0.1) is 18.0 Å². The number of hydrogen-bond acceptors (Lipinski definition) is 2. The molecule has 0 aliphatic carbocycles. The number of nitrogens with one attached hydrogen (secondary N) is 2. The first kappa shape index (κ1) is 6.78. The summed E-state index contributed by atoms with van der Waals surface area (Å²) >= 11 is 0. The summed E-state index contributed by atoms with van der Waals surface area (Å²) in [5.74, 6) is 0. The van der Waals surface area contributed by atoms with Crippen molar-refractivity contribution in [3.8, 4) is 0 Å². The predicted molar refractivity (Wildman–Crippen MR) is 56.1 cm³/mol. The van der Waals surface area contributed by atoms with Gasteiger partial charge in [-0.2, -0.15) is 0 Å². The van der Waals surface area contributed by atoms with E-state index in [1.54, 1.807) is 0 Å². The van der Waals surface area contributed by atoms with Crippen LogP contribution in [0.15, 0.2) is 36.4 Å². The topological polar surface area (TPSA) is 24.1 Å². The van der Waals surface area contributed by atoms with Crippen molar-refractivity contribution in [3.63, 3.8) is 0 Å². The Morgan fingerprint density at radius 2 is 1.85 bits per heavy atom. The van der Waals surface area contributed by atoms with Gasteiger partial charge >= 0.3 is 0 Å². The normalized spacial score (nSPS) is 13.5. The van der Waals surface area contributed by atoms with Crippen LogP contribution in [-0.4, -0.2) is 6.67 Å². The molecule has 0 saturated heterocycles. The molecule has 0 fully saturated rings. The molecule has 2 heteroatoms. The molecule has 2 aromatic rings. The van der Waals surface area contributed by atoms with Crippen LogP contribution >= 0.6 is 0 Å². The number of hydrogen-bond donors (Lipinski definition) is 2. The first-order valence-corrected chi connectivity index (χ1v) is 4.45. The Morgan fingerprint density at radius 3 is 2.85 bits per heavy atom. The van der Waals surface area contributed by atoms with Gasteiger partial charge in [-0.3, -0.25) is 0 Å². The third kappa shape index (κ3) is 0.886. The molecule has 1 heterocycles. The first-order valence-electron chi connectivity index (χ1n) is 4.45. The molecule has 0 unspecified atom stereocenters. The maximum atomic E-state index is 3.33. The Hall–Kier alpha value is -1.70. The van der Waals surface area contributed by atoms with Gasteiger partial charge in [0, 0.05) is 5.39 Å². The average Bonchev–Trinajstić information content (AvgIpc) is 2.65. The summed E-state index contributed by atoms with van der Waals surface area (Å²) in [6.07, 6.45) is 0. The highest BCUT2D eigenvalue weighted by Gasteiger charge is 2.10. The lowest BCUT2D eigenvalue weighted by Gasteiger charge is -2.03. The maximum absolute atomic E-state index is 3.33. The third-order valence-electron chi connectivity index (χ3n) is 2.47. The predicted octanol–water partition coefficient (Wildman–Crippen LogP) is 2.63. The van der Waals surface area contributed by atoms with Crippen molar-refractivity contribution in [2.75, 3.05) is 17.3 Å². The lowest BCUT2D eigenvalue weighted by atomic mass is 10.1. The minimum Gasteiger partial charge on any atom is -0.366 e. The third-order valence-corrected chi connectivity index (χ3v) is 2.47. The molecule has 0 aromatic heterocycles. The summed E-state index contributed by atoms with van der Waals surface area (Å²) in [7, 11) is 0. The molecule has 0 amide bonds. The SMILES string of the molecule is c1ccc2c3c(ccc2c1)NCN3. The monoisotopic (exact) mass is 170 g/mol. The lowest BCUT2D eigenvalue weighted by molar-refractivity contribution is 1.31. The second kappa shape index (κ2) is 2.39. The lowest BCUT2D eigenvalue weighted by Crippen LogP contribution is -1.99. The van der Waals surface area contributed by atoms with Crippen LogP contribution in [0.3, 0.4) is 0 Å². The summed E-state index contributed by atoms with van der Waals surface area (Å²) in [6, 6.07) is 12.7. The quantitative estimate of drug-likeness (QED) is 0.635. The Kier molecular flexibility index (Phi) is 1.25. The van der Waals surface area contributed by atoms with Gasteiger partial charge in [-0.1, -0.05) is 30.3 Å². The zero-order chi connectivity index (χ0) is 8.67. The molecule has 1 aliphatic heterocycles. The summed E-state index contributed by atoms with van der Waals surface area (Å²) in [5, 5.41) is 9.20. The van der Waals surface area contributed by atoms with Crippen molar-refractivity contribution in [1.29, 1.82) is 0 Å². The molecular formula is C11H10N2. The molecule has 3 rings (SSSR count). The van der Waals surface area contributed by atoms with E-state index in [1.807, 2.05) is 0 Å². The maximum Gasteiger partial charge on any atom is 0.0851 e. The van der Waals surface area contributed by atoms with Crippen LogP contribution in [0, 0.1) is 0 Å². The van der Waals surface area contributed by atoms with Crippen molar-refractivity contribution in [1.82, 2.24) is 0 Å². The molecule has 64 valence electrons. The molecular weight excluding hydrogens is 160 g/mol. The molecule has 0 bridgehead atoms. The first-order chi connectivity index (χ1) is 6.45. The highest BCUT2D eigenvalue weighted by Crippen LogP contribution is 2.33. The summed E-state index contributed by atoms with van der Waals surface area (Å²) < 4.78 is 0. The zero-order valence-corrected chi connectivity index (χ0v) is 7.17. The number of rotatable bonds is 0. The number of anilines is 2. The van der Waals surface area contributed by atoms with E-state index in [0.717, 1.165) is 6.67 Å². The van der Waals surface area contributed by atoms with E-state index in [1.165, 1.54) is 22.1 Å². The van der Waals surface area contributed by atoms with Gasteiger partial charge in [0.25, 0.3) is 0 Å². The van der Waals surface area contributed by atoms with Gasteiger partial charge < -0.3 is 10.6 Å². The van der Waals surface area contributed by atoms with Crippen LogP contribution in [0.1, 0.15) is 0 Å². The van der Waals surface area contributed by atoms with E-state index in [0.29, 0.717) is 0 Å². The molecule has 1 aliphatic rings. The van der Waals surface area contributed by atoms with E-state index in [9.17, 15) is 0 Å². The van der Waals surface area contributed by atoms with Gasteiger partial charge in [-0.15, -0.1) is 0 Å². The van der Waals surface area contributed by atoms with Crippen LogP contribution in [0.2, 0.25) is 0 Å². The van der Waals surface area contributed by atoms with E-state index < -0.39 is 0 Å².